The zero-order valence-corrected chi connectivity index (χ0v) is 19.0. The van der Waals surface area contributed by atoms with E-state index in [1.807, 2.05) is 0 Å². The average molecular weight is 459 g/mol. The van der Waals surface area contributed by atoms with Gasteiger partial charge in [-0.15, -0.1) is 11.3 Å². The third-order valence-corrected chi connectivity index (χ3v) is 7.76. The normalized spacial score (nSPS) is 19.0. The fourth-order valence-electron chi connectivity index (χ4n) is 3.07. The third-order valence-electron chi connectivity index (χ3n) is 4.48. The number of ether oxygens (including phenoxy) is 1. The van der Waals surface area contributed by atoms with E-state index in [-0.39, 0.29) is 17.2 Å². The summed E-state index contributed by atoms with van der Waals surface area (Å²) in [6.07, 6.45) is 0.280. The van der Waals surface area contributed by atoms with E-state index < -0.39 is 39.6 Å². The maximum Gasteiger partial charge on any atom is 0.329 e. The van der Waals surface area contributed by atoms with Gasteiger partial charge in [-0.1, -0.05) is 17.7 Å². The van der Waals surface area contributed by atoms with Gasteiger partial charge in [-0.25, -0.2) is 13.2 Å². The molecule has 158 valence electrons. The number of nitrogens with one attached hydrogen (secondary N) is 1. The van der Waals surface area contributed by atoms with E-state index in [0.29, 0.717) is 5.02 Å². The van der Waals surface area contributed by atoms with Gasteiger partial charge in [0.2, 0.25) is 5.91 Å². The molecule has 0 saturated carbocycles. The number of amides is 1. The van der Waals surface area contributed by atoms with Gasteiger partial charge in [-0.05, 0) is 57.7 Å². The van der Waals surface area contributed by atoms with E-state index in [4.69, 9.17) is 16.3 Å². The summed E-state index contributed by atoms with van der Waals surface area (Å²) in [5.41, 5.74) is -0.667. The van der Waals surface area contributed by atoms with Crippen LogP contribution in [0.5, 0.6) is 0 Å². The van der Waals surface area contributed by atoms with Gasteiger partial charge < -0.3 is 9.64 Å². The summed E-state index contributed by atoms with van der Waals surface area (Å²) in [6.45, 7) is 7.10. The van der Waals surface area contributed by atoms with Crippen molar-refractivity contribution in [1.29, 1.82) is 0 Å². The number of carbonyl (C=O) groups is 2. The molecule has 0 spiro atoms. The van der Waals surface area contributed by atoms with Crippen LogP contribution < -0.4 is 4.72 Å². The number of fused-ring (bicyclic) bond motifs is 1. The average Bonchev–Trinajstić information content (AvgIpc) is 3.17. The minimum Gasteiger partial charge on any atom is -0.458 e. The summed E-state index contributed by atoms with van der Waals surface area (Å²) in [6, 6.07) is 4.99. The molecule has 2 heterocycles. The summed E-state index contributed by atoms with van der Waals surface area (Å²) >= 11 is 7.05. The maximum absolute atomic E-state index is 12.8. The number of likely N-dealkylation sites (tertiary alicyclic amines) is 1. The van der Waals surface area contributed by atoms with Gasteiger partial charge in [0.05, 0.1) is 0 Å². The van der Waals surface area contributed by atoms with Crippen LogP contribution in [0, 0.1) is 0 Å². The third kappa shape index (κ3) is 4.91. The monoisotopic (exact) mass is 458 g/mol. The molecule has 2 aromatic rings. The minimum absolute atomic E-state index is 0.112. The Morgan fingerprint density at radius 2 is 2.03 bits per heavy atom. The Kier molecular flexibility index (Phi) is 5.97. The first-order valence-corrected chi connectivity index (χ1v) is 11.8. The van der Waals surface area contributed by atoms with Crippen LogP contribution >= 0.6 is 22.9 Å². The van der Waals surface area contributed by atoms with Crippen molar-refractivity contribution >= 4 is 54.9 Å². The Morgan fingerprint density at radius 3 is 2.69 bits per heavy atom. The first-order valence-electron chi connectivity index (χ1n) is 9.12. The van der Waals surface area contributed by atoms with Crippen LogP contribution in [-0.4, -0.2) is 49.4 Å². The van der Waals surface area contributed by atoms with Crippen LogP contribution in [0.4, 0.5) is 0 Å². The first-order chi connectivity index (χ1) is 13.4. The van der Waals surface area contributed by atoms with Gasteiger partial charge in [0, 0.05) is 16.3 Å². The second-order valence-corrected chi connectivity index (χ2v) is 11.4. The quantitative estimate of drug-likeness (QED) is 0.694. The van der Waals surface area contributed by atoms with Crippen molar-refractivity contribution in [3.63, 3.8) is 0 Å². The number of hydrogen-bond acceptors (Lipinski definition) is 6. The van der Waals surface area contributed by atoms with Crippen molar-refractivity contribution in [1.82, 2.24) is 9.62 Å². The van der Waals surface area contributed by atoms with E-state index in [0.717, 1.165) is 21.4 Å². The molecule has 1 N–H and O–H groups in total. The zero-order chi connectivity index (χ0) is 21.6. The van der Waals surface area contributed by atoms with Gasteiger partial charge in [0.1, 0.15) is 21.9 Å². The summed E-state index contributed by atoms with van der Waals surface area (Å²) in [7, 11) is -3.89. The molecule has 1 aliphatic rings. The number of rotatable bonds is 5. The SMILES string of the molecule is C[C@@H](C(=O)OC(C)(C)C)N1CC[C@H](NS(=O)(=O)c2cc3ccc(Cl)cc3s2)C1=O. The highest BCUT2D eigenvalue weighted by Gasteiger charge is 2.40. The lowest BCUT2D eigenvalue weighted by Gasteiger charge is -2.27. The lowest BCUT2D eigenvalue weighted by molar-refractivity contribution is -0.163. The summed E-state index contributed by atoms with van der Waals surface area (Å²) in [5, 5.41) is 1.28. The van der Waals surface area contributed by atoms with E-state index in [2.05, 4.69) is 4.72 Å². The number of benzene rings is 1. The highest BCUT2D eigenvalue weighted by atomic mass is 35.5. The molecule has 3 rings (SSSR count). The number of sulfonamides is 1. The van der Waals surface area contributed by atoms with Gasteiger partial charge in [0.25, 0.3) is 10.0 Å². The van der Waals surface area contributed by atoms with Crippen LogP contribution in [0.3, 0.4) is 0 Å². The highest BCUT2D eigenvalue weighted by molar-refractivity contribution is 7.91. The van der Waals surface area contributed by atoms with Crippen molar-refractivity contribution in [2.45, 2.75) is 56.0 Å². The summed E-state index contributed by atoms with van der Waals surface area (Å²) in [4.78, 5) is 26.3. The van der Waals surface area contributed by atoms with Crippen molar-refractivity contribution in [2.24, 2.45) is 0 Å². The molecule has 1 aliphatic heterocycles. The number of esters is 1. The molecule has 1 aromatic heterocycles. The molecule has 2 atom stereocenters. The predicted molar refractivity (Wildman–Crippen MR) is 113 cm³/mol. The van der Waals surface area contributed by atoms with E-state index >= 15 is 0 Å². The highest BCUT2D eigenvalue weighted by Crippen LogP contribution is 2.31. The molecule has 0 aliphatic carbocycles. The molecule has 10 heteroatoms. The van der Waals surface area contributed by atoms with Gasteiger partial charge in [-0.2, -0.15) is 4.72 Å². The van der Waals surface area contributed by atoms with E-state index in [9.17, 15) is 18.0 Å². The Balaban J connectivity index is 1.73. The molecule has 0 bridgehead atoms. The van der Waals surface area contributed by atoms with Crippen LogP contribution in [0.1, 0.15) is 34.1 Å². The molecular formula is C19H23ClN2O5S2. The number of carbonyl (C=O) groups excluding carboxylic acids is 2. The first kappa shape index (κ1) is 22.0. The predicted octanol–water partition coefficient (Wildman–Crippen LogP) is 3.16. The van der Waals surface area contributed by atoms with Crippen LogP contribution in [-0.2, 0) is 24.3 Å². The van der Waals surface area contributed by atoms with Gasteiger partial charge in [-0.3, -0.25) is 4.79 Å². The molecule has 1 aromatic carbocycles. The Bertz CT molecular complexity index is 1060. The Labute approximate surface area is 179 Å². The minimum atomic E-state index is -3.89. The molecule has 0 radical (unpaired) electrons. The number of hydrogen-bond donors (Lipinski definition) is 1. The number of nitrogens with zero attached hydrogens (tertiary/aromatic N) is 1. The summed E-state index contributed by atoms with van der Waals surface area (Å²) < 4.78 is 34.2. The second kappa shape index (κ2) is 7.86. The molecule has 1 fully saturated rings. The van der Waals surface area contributed by atoms with Crippen LogP contribution in [0.2, 0.25) is 5.02 Å². The van der Waals surface area contributed by atoms with E-state index in [1.165, 1.54) is 4.90 Å². The maximum atomic E-state index is 12.8. The zero-order valence-electron chi connectivity index (χ0n) is 16.6. The van der Waals surface area contributed by atoms with Gasteiger partial charge in [0.15, 0.2) is 0 Å². The van der Waals surface area contributed by atoms with Gasteiger partial charge >= 0.3 is 5.97 Å². The lowest BCUT2D eigenvalue weighted by atomic mass is 10.2. The van der Waals surface area contributed by atoms with Crippen molar-refractivity contribution < 1.29 is 22.7 Å². The number of halogens is 1. The standard InChI is InChI=1S/C19H23ClN2O5S2/c1-11(18(24)27-19(2,3)4)22-8-7-14(17(22)23)21-29(25,26)16-9-12-5-6-13(20)10-15(12)28-16/h5-6,9-11,14,21H,7-8H2,1-4H3/t11-,14-/m0/s1. The van der Waals surface area contributed by atoms with Crippen LogP contribution in [0.25, 0.3) is 10.1 Å². The fraction of sp³-hybridized carbons (Fsp3) is 0.474. The van der Waals surface area contributed by atoms with Crippen molar-refractivity contribution in [3.05, 3.63) is 29.3 Å². The Morgan fingerprint density at radius 1 is 1.34 bits per heavy atom. The molecule has 7 nitrogen and oxygen atoms in total. The largest absolute Gasteiger partial charge is 0.458 e. The topological polar surface area (TPSA) is 92.8 Å². The molecular weight excluding hydrogens is 436 g/mol. The molecule has 1 amide bonds. The molecule has 0 unspecified atom stereocenters. The summed E-state index contributed by atoms with van der Waals surface area (Å²) in [5.74, 6) is -0.952. The van der Waals surface area contributed by atoms with E-state index in [1.54, 1.807) is 52.0 Å². The smallest absolute Gasteiger partial charge is 0.329 e. The fourth-order valence-corrected chi connectivity index (χ4v) is 5.98. The number of thiophene rings is 1. The molecule has 1 saturated heterocycles. The molecule has 29 heavy (non-hydrogen) atoms. The van der Waals surface area contributed by atoms with Crippen molar-refractivity contribution in [2.75, 3.05) is 6.54 Å². The van der Waals surface area contributed by atoms with Crippen molar-refractivity contribution in [3.8, 4) is 0 Å². The second-order valence-electron chi connectivity index (χ2n) is 7.95. The lowest BCUT2D eigenvalue weighted by Crippen LogP contribution is -2.47. The Hall–Kier alpha value is -1.68. The van der Waals surface area contributed by atoms with Crippen LogP contribution in [0.15, 0.2) is 28.5 Å².